The second-order valence-corrected chi connectivity index (χ2v) is 6.47. The number of nitrogens with two attached hydrogens (primary N) is 1. The summed E-state index contributed by atoms with van der Waals surface area (Å²) < 4.78 is 21.5. The SMILES string of the molecule is CCN(CCCC1CC1)CCCS(N)(=O)=O. The first-order valence-corrected chi connectivity index (χ1v) is 7.95. The summed E-state index contributed by atoms with van der Waals surface area (Å²) in [5, 5.41) is 4.96. The van der Waals surface area contributed by atoms with Crippen molar-refractivity contribution in [2.45, 2.75) is 39.0 Å². The van der Waals surface area contributed by atoms with Crippen LogP contribution < -0.4 is 5.14 Å². The van der Waals surface area contributed by atoms with Gasteiger partial charge in [-0.3, -0.25) is 0 Å². The summed E-state index contributed by atoms with van der Waals surface area (Å²) in [4.78, 5) is 2.31. The zero-order valence-corrected chi connectivity index (χ0v) is 11.0. The molecule has 1 aliphatic rings. The molecule has 0 aromatic heterocycles. The summed E-state index contributed by atoms with van der Waals surface area (Å²) in [5.74, 6) is 1.09. The van der Waals surface area contributed by atoms with Gasteiger partial charge in [-0.05, 0) is 44.8 Å². The number of sulfonamides is 1. The topological polar surface area (TPSA) is 63.4 Å². The van der Waals surface area contributed by atoms with Crippen LogP contribution in [-0.4, -0.2) is 38.7 Å². The Labute approximate surface area is 99.2 Å². The second-order valence-electron chi connectivity index (χ2n) is 4.74. The van der Waals surface area contributed by atoms with Crippen molar-refractivity contribution in [3.63, 3.8) is 0 Å². The molecule has 1 fully saturated rings. The maximum Gasteiger partial charge on any atom is 0.209 e. The molecule has 5 heteroatoms. The van der Waals surface area contributed by atoms with Crippen molar-refractivity contribution < 1.29 is 8.42 Å². The van der Waals surface area contributed by atoms with Crippen molar-refractivity contribution in [2.24, 2.45) is 11.1 Å². The van der Waals surface area contributed by atoms with Crippen LogP contribution in [0.1, 0.15) is 39.0 Å². The molecular formula is C11H24N2O2S. The Balaban J connectivity index is 2.05. The van der Waals surface area contributed by atoms with E-state index in [2.05, 4.69) is 11.8 Å². The zero-order valence-electron chi connectivity index (χ0n) is 10.2. The third-order valence-corrected chi connectivity index (χ3v) is 3.99. The third-order valence-electron chi connectivity index (χ3n) is 3.13. The fourth-order valence-corrected chi connectivity index (χ4v) is 2.46. The molecule has 16 heavy (non-hydrogen) atoms. The van der Waals surface area contributed by atoms with Gasteiger partial charge in [-0.15, -0.1) is 0 Å². The molecule has 0 saturated heterocycles. The predicted octanol–water partition coefficient (Wildman–Crippen LogP) is 1.18. The highest BCUT2D eigenvalue weighted by Crippen LogP contribution is 2.33. The monoisotopic (exact) mass is 248 g/mol. The van der Waals surface area contributed by atoms with E-state index < -0.39 is 10.0 Å². The summed E-state index contributed by atoms with van der Waals surface area (Å²) in [7, 11) is -3.28. The van der Waals surface area contributed by atoms with Crippen LogP contribution in [0.3, 0.4) is 0 Å². The summed E-state index contributed by atoms with van der Waals surface area (Å²) >= 11 is 0. The van der Waals surface area contributed by atoms with Crippen molar-refractivity contribution in [1.82, 2.24) is 4.90 Å². The minimum atomic E-state index is -3.28. The third kappa shape index (κ3) is 7.19. The molecule has 0 aliphatic heterocycles. The van der Waals surface area contributed by atoms with E-state index in [1.165, 1.54) is 25.7 Å². The van der Waals surface area contributed by atoms with Crippen molar-refractivity contribution in [1.29, 1.82) is 0 Å². The Bertz CT molecular complexity index is 286. The number of primary sulfonamides is 1. The van der Waals surface area contributed by atoms with Crippen LogP contribution in [0.4, 0.5) is 0 Å². The standard InChI is InChI=1S/C11H24N2O2S/c1-2-13(8-3-5-11-6-7-11)9-4-10-16(12,14)15/h11H,2-10H2,1H3,(H2,12,14,15). The minimum Gasteiger partial charge on any atom is -0.304 e. The molecule has 0 radical (unpaired) electrons. The smallest absolute Gasteiger partial charge is 0.209 e. The minimum absolute atomic E-state index is 0.103. The predicted molar refractivity (Wildman–Crippen MR) is 66.7 cm³/mol. The molecule has 0 amide bonds. The molecule has 0 bridgehead atoms. The number of rotatable bonds is 9. The molecule has 1 saturated carbocycles. The Morgan fingerprint density at radius 1 is 1.25 bits per heavy atom. The number of hydrogen-bond acceptors (Lipinski definition) is 3. The van der Waals surface area contributed by atoms with E-state index in [1.54, 1.807) is 0 Å². The number of nitrogens with zero attached hydrogens (tertiary/aromatic N) is 1. The second kappa shape index (κ2) is 6.57. The molecule has 0 heterocycles. The lowest BCUT2D eigenvalue weighted by atomic mass is 10.2. The molecule has 1 aliphatic carbocycles. The lowest BCUT2D eigenvalue weighted by Gasteiger charge is -2.19. The van der Waals surface area contributed by atoms with Crippen LogP contribution in [0.15, 0.2) is 0 Å². The van der Waals surface area contributed by atoms with Gasteiger partial charge in [-0.1, -0.05) is 19.8 Å². The quantitative estimate of drug-likeness (QED) is 0.666. The maximum absolute atomic E-state index is 10.8. The van der Waals surface area contributed by atoms with E-state index in [0.29, 0.717) is 6.42 Å². The van der Waals surface area contributed by atoms with Gasteiger partial charge in [0.05, 0.1) is 5.75 Å². The van der Waals surface area contributed by atoms with Crippen LogP contribution in [0, 0.1) is 5.92 Å². The van der Waals surface area contributed by atoms with Crippen molar-refractivity contribution in [2.75, 3.05) is 25.4 Å². The molecule has 0 atom stereocenters. The molecule has 4 nitrogen and oxygen atoms in total. The van der Waals surface area contributed by atoms with Crippen LogP contribution in [0.2, 0.25) is 0 Å². The molecule has 96 valence electrons. The Hall–Kier alpha value is -0.130. The molecule has 0 aromatic rings. The van der Waals surface area contributed by atoms with Crippen LogP contribution in [-0.2, 0) is 10.0 Å². The highest BCUT2D eigenvalue weighted by molar-refractivity contribution is 7.89. The summed E-state index contributed by atoms with van der Waals surface area (Å²) in [6, 6.07) is 0. The Morgan fingerprint density at radius 2 is 1.88 bits per heavy atom. The van der Waals surface area contributed by atoms with E-state index in [1.807, 2.05) is 0 Å². The van der Waals surface area contributed by atoms with E-state index in [0.717, 1.165) is 25.6 Å². The molecule has 0 unspecified atom stereocenters. The normalized spacial score (nSPS) is 16.9. The molecule has 2 N–H and O–H groups in total. The van der Waals surface area contributed by atoms with Gasteiger partial charge < -0.3 is 4.90 Å². The molecular weight excluding hydrogens is 224 g/mol. The van der Waals surface area contributed by atoms with E-state index >= 15 is 0 Å². The van der Waals surface area contributed by atoms with Gasteiger partial charge in [-0.25, -0.2) is 13.6 Å². The van der Waals surface area contributed by atoms with E-state index in [-0.39, 0.29) is 5.75 Å². The average molecular weight is 248 g/mol. The van der Waals surface area contributed by atoms with Gasteiger partial charge in [0.2, 0.25) is 10.0 Å². The largest absolute Gasteiger partial charge is 0.304 e. The highest BCUT2D eigenvalue weighted by atomic mass is 32.2. The van der Waals surface area contributed by atoms with Crippen molar-refractivity contribution in [3.05, 3.63) is 0 Å². The first kappa shape index (κ1) is 13.9. The summed E-state index contributed by atoms with van der Waals surface area (Å²) in [6.07, 6.45) is 6.06. The van der Waals surface area contributed by atoms with E-state index in [9.17, 15) is 8.42 Å². The molecule has 0 spiro atoms. The van der Waals surface area contributed by atoms with Gasteiger partial charge in [0.15, 0.2) is 0 Å². The molecule has 0 aromatic carbocycles. The van der Waals surface area contributed by atoms with Gasteiger partial charge >= 0.3 is 0 Å². The van der Waals surface area contributed by atoms with Gasteiger partial charge in [0, 0.05) is 0 Å². The van der Waals surface area contributed by atoms with Crippen LogP contribution in [0.5, 0.6) is 0 Å². The Kier molecular flexibility index (Phi) is 5.72. The average Bonchev–Trinajstić information content (AvgIpc) is 2.97. The summed E-state index contributed by atoms with van der Waals surface area (Å²) in [6.45, 7) is 5.05. The first-order valence-electron chi connectivity index (χ1n) is 6.24. The van der Waals surface area contributed by atoms with Gasteiger partial charge in [0.1, 0.15) is 0 Å². The Morgan fingerprint density at radius 3 is 2.38 bits per heavy atom. The van der Waals surface area contributed by atoms with Crippen LogP contribution in [0.25, 0.3) is 0 Å². The highest BCUT2D eigenvalue weighted by Gasteiger charge is 2.20. The number of hydrogen-bond donors (Lipinski definition) is 1. The lowest BCUT2D eigenvalue weighted by molar-refractivity contribution is 0.280. The van der Waals surface area contributed by atoms with E-state index in [4.69, 9.17) is 5.14 Å². The maximum atomic E-state index is 10.8. The van der Waals surface area contributed by atoms with Gasteiger partial charge in [-0.2, -0.15) is 0 Å². The zero-order chi connectivity index (χ0) is 12.0. The fraction of sp³-hybridized carbons (Fsp3) is 1.00. The van der Waals surface area contributed by atoms with Crippen molar-refractivity contribution in [3.8, 4) is 0 Å². The van der Waals surface area contributed by atoms with Gasteiger partial charge in [0.25, 0.3) is 0 Å². The summed E-state index contributed by atoms with van der Waals surface area (Å²) in [5.41, 5.74) is 0. The first-order chi connectivity index (χ1) is 7.51. The van der Waals surface area contributed by atoms with Crippen molar-refractivity contribution >= 4 is 10.0 Å². The lowest BCUT2D eigenvalue weighted by Crippen LogP contribution is -2.28. The fourth-order valence-electron chi connectivity index (χ4n) is 1.93. The van der Waals surface area contributed by atoms with Crippen LogP contribution >= 0.6 is 0 Å². The molecule has 1 rings (SSSR count).